The van der Waals surface area contributed by atoms with E-state index in [1.807, 2.05) is 24.3 Å². The van der Waals surface area contributed by atoms with Gasteiger partial charge in [0.25, 0.3) is 0 Å². The van der Waals surface area contributed by atoms with Crippen LogP contribution in [-0.2, 0) is 11.2 Å². The summed E-state index contributed by atoms with van der Waals surface area (Å²) in [5.74, 6) is 1.18. The largest absolute Gasteiger partial charge is 0.439 e. The zero-order valence-corrected chi connectivity index (χ0v) is 13.4. The van der Waals surface area contributed by atoms with E-state index in [0.29, 0.717) is 22.4 Å². The molecule has 0 amide bonds. The first-order valence-electron chi connectivity index (χ1n) is 7.34. The minimum Gasteiger partial charge on any atom is -0.439 e. The third-order valence-corrected chi connectivity index (χ3v) is 3.58. The van der Waals surface area contributed by atoms with Crippen molar-refractivity contribution in [3.8, 4) is 17.4 Å². The Morgan fingerprint density at radius 1 is 0.917 bits per heavy atom. The second-order valence-electron chi connectivity index (χ2n) is 4.98. The van der Waals surface area contributed by atoms with Gasteiger partial charge >= 0.3 is 5.97 Å². The van der Waals surface area contributed by atoms with Crippen LogP contribution in [0.15, 0.2) is 72.9 Å². The fourth-order valence-corrected chi connectivity index (χ4v) is 2.27. The van der Waals surface area contributed by atoms with Gasteiger partial charge in [-0.05, 0) is 42.0 Å². The summed E-state index contributed by atoms with van der Waals surface area (Å²) in [6.45, 7) is 0. The quantitative estimate of drug-likeness (QED) is 0.500. The molecule has 3 rings (SSSR count). The van der Waals surface area contributed by atoms with Crippen LogP contribution in [0.2, 0.25) is 5.02 Å². The van der Waals surface area contributed by atoms with Gasteiger partial charge in [0.2, 0.25) is 5.88 Å². The van der Waals surface area contributed by atoms with Crippen molar-refractivity contribution in [1.82, 2.24) is 4.98 Å². The maximum absolute atomic E-state index is 12.0. The molecule has 0 N–H and O–H groups in total. The highest BCUT2D eigenvalue weighted by atomic mass is 35.5. The standard InChI is InChI=1S/C19H14ClNO3/c20-17-6-2-1-5-14(17)13-19(22)24-16-10-8-15(9-11-16)23-18-7-3-4-12-21-18/h1-12H,13H2. The zero-order chi connectivity index (χ0) is 16.8. The van der Waals surface area contributed by atoms with Gasteiger partial charge in [0.1, 0.15) is 11.5 Å². The van der Waals surface area contributed by atoms with Crippen LogP contribution in [0.25, 0.3) is 0 Å². The summed E-state index contributed by atoms with van der Waals surface area (Å²) in [6.07, 6.45) is 1.77. The summed E-state index contributed by atoms with van der Waals surface area (Å²) in [4.78, 5) is 16.1. The van der Waals surface area contributed by atoms with Gasteiger partial charge in [-0.3, -0.25) is 4.79 Å². The number of benzene rings is 2. The second-order valence-corrected chi connectivity index (χ2v) is 5.39. The number of aromatic nitrogens is 1. The first-order valence-corrected chi connectivity index (χ1v) is 7.71. The van der Waals surface area contributed by atoms with Gasteiger partial charge in [-0.15, -0.1) is 0 Å². The lowest BCUT2D eigenvalue weighted by atomic mass is 10.1. The first kappa shape index (κ1) is 16.0. The van der Waals surface area contributed by atoms with Crippen molar-refractivity contribution in [2.75, 3.05) is 0 Å². The van der Waals surface area contributed by atoms with Crippen molar-refractivity contribution in [1.29, 1.82) is 0 Å². The minimum atomic E-state index is -0.374. The molecule has 0 saturated heterocycles. The van der Waals surface area contributed by atoms with Crippen molar-refractivity contribution >= 4 is 17.6 Å². The predicted octanol–water partition coefficient (Wildman–Crippen LogP) is 4.68. The SMILES string of the molecule is O=C(Cc1ccccc1Cl)Oc1ccc(Oc2ccccn2)cc1. The number of carbonyl (C=O) groups excluding carboxylic acids is 1. The number of ether oxygens (including phenoxy) is 2. The van der Waals surface area contributed by atoms with Crippen molar-refractivity contribution in [2.45, 2.75) is 6.42 Å². The Morgan fingerprint density at radius 2 is 1.62 bits per heavy atom. The molecule has 0 atom stereocenters. The zero-order valence-electron chi connectivity index (χ0n) is 12.7. The number of esters is 1. The molecule has 120 valence electrons. The van der Waals surface area contributed by atoms with E-state index in [0.717, 1.165) is 5.56 Å². The second kappa shape index (κ2) is 7.62. The molecule has 1 heterocycles. The lowest BCUT2D eigenvalue weighted by molar-refractivity contribution is -0.133. The number of nitrogens with zero attached hydrogens (tertiary/aromatic N) is 1. The van der Waals surface area contributed by atoms with Crippen LogP contribution in [0, 0.1) is 0 Å². The smallest absolute Gasteiger partial charge is 0.315 e. The number of hydrogen-bond donors (Lipinski definition) is 0. The highest BCUT2D eigenvalue weighted by Gasteiger charge is 2.09. The Labute approximate surface area is 144 Å². The maximum atomic E-state index is 12.0. The summed E-state index contributed by atoms with van der Waals surface area (Å²) in [5.41, 5.74) is 0.735. The van der Waals surface area contributed by atoms with Crippen molar-refractivity contribution in [2.24, 2.45) is 0 Å². The molecular formula is C19H14ClNO3. The predicted molar refractivity (Wildman–Crippen MR) is 91.5 cm³/mol. The van der Waals surface area contributed by atoms with E-state index in [1.54, 1.807) is 48.7 Å². The van der Waals surface area contributed by atoms with E-state index in [1.165, 1.54) is 0 Å². The molecule has 5 heteroatoms. The maximum Gasteiger partial charge on any atom is 0.315 e. The van der Waals surface area contributed by atoms with Gasteiger partial charge in [-0.1, -0.05) is 35.9 Å². The molecule has 0 aliphatic carbocycles. The monoisotopic (exact) mass is 339 g/mol. The van der Waals surface area contributed by atoms with E-state index < -0.39 is 0 Å². The number of pyridine rings is 1. The van der Waals surface area contributed by atoms with Crippen LogP contribution < -0.4 is 9.47 Å². The third-order valence-electron chi connectivity index (χ3n) is 3.21. The molecule has 24 heavy (non-hydrogen) atoms. The van der Waals surface area contributed by atoms with Crippen molar-refractivity contribution in [3.05, 3.63) is 83.5 Å². The van der Waals surface area contributed by atoms with Gasteiger partial charge in [0.05, 0.1) is 6.42 Å². The Hall–Kier alpha value is -2.85. The number of carbonyl (C=O) groups is 1. The highest BCUT2D eigenvalue weighted by molar-refractivity contribution is 6.31. The van der Waals surface area contributed by atoms with Crippen LogP contribution >= 0.6 is 11.6 Å². The van der Waals surface area contributed by atoms with E-state index >= 15 is 0 Å². The third kappa shape index (κ3) is 4.33. The van der Waals surface area contributed by atoms with Gasteiger partial charge in [-0.25, -0.2) is 4.98 Å². The Morgan fingerprint density at radius 3 is 2.33 bits per heavy atom. The Bertz CT molecular complexity index is 820. The van der Waals surface area contributed by atoms with Gasteiger partial charge in [0, 0.05) is 17.3 Å². The molecule has 3 aromatic rings. The molecule has 0 fully saturated rings. The fourth-order valence-electron chi connectivity index (χ4n) is 2.07. The van der Waals surface area contributed by atoms with E-state index in [4.69, 9.17) is 21.1 Å². The number of halogens is 1. The number of rotatable bonds is 5. The summed E-state index contributed by atoms with van der Waals surface area (Å²) >= 11 is 6.04. The van der Waals surface area contributed by atoms with Crippen LogP contribution in [0.5, 0.6) is 17.4 Å². The van der Waals surface area contributed by atoms with Gasteiger partial charge in [-0.2, -0.15) is 0 Å². The molecule has 0 unspecified atom stereocenters. The average Bonchev–Trinajstić information content (AvgIpc) is 2.60. The Balaban J connectivity index is 1.60. The molecule has 1 aromatic heterocycles. The molecule has 0 spiro atoms. The van der Waals surface area contributed by atoms with Crippen LogP contribution in [-0.4, -0.2) is 11.0 Å². The highest BCUT2D eigenvalue weighted by Crippen LogP contribution is 2.23. The lowest BCUT2D eigenvalue weighted by Gasteiger charge is -2.07. The van der Waals surface area contributed by atoms with Crippen molar-refractivity contribution < 1.29 is 14.3 Å². The molecule has 2 aromatic carbocycles. The van der Waals surface area contributed by atoms with Gasteiger partial charge < -0.3 is 9.47 Å². The number of hydrogen-bond acceptors (Lipinski definition) is 4. The average molecular weight is 340 g/mol. The fraction of sp³-hybridized carbons (Fsp3) is 0.0526. The molecule has 4 nitrogen and oxygen atoms in total. The van der Waals surface area contributed by atoms with E-state index in [9.17, 15) is 4.79 Å². The Kier molecular flexibility index (Phi) is 5.08. The molecule has 0 aliphatic rings. The van der Waals surface area contributed by atoms with E-state index in [-0.39, 0.29) is 12.4 Å². The molecule has 0 saturated carbocycles. The summed E-state index contributed by atoms with van der Waals surface area (Å²) < 4.78 is 10.9. The molecule has 0 aliphatic heterocycles. The van der Waals surface area contributed by atoms with Crippen LogP contribution in [0.1, 0.15) is 5.56 Å². The molecule has 0 bridgehead atoms. The summed E-state index contributed by atoms with van der Waals surface area (Å²) in [6, 6.07) is 19.4. The van der Waals surface area contributed by atoms with E-state index in [2.05, 4.69) is 4.98 Å². The van der Waals surface area contributed by atoms with Crippen LogP contribution in [0.3, 0.4) is 0 Å². The first-order chi connectivity index (χ1) is 11.7. The molecule has 0 radical (unpaired) electrons. The summed E-state index contributed by atoms with van der Waals surface area (Å²) in [7, 11) is 0. The topological polar surface area (TPSA) is 48.4 Å². The lowest BCUT2D eigenvalue weighted by Crippen LogP contribution is -2.11. The minimum absolute atomic E-state index is 0.117. The van der Waals surface area contributed by atoms with Gasteiger partial charge in [0.15, 0.2) is 0 Å². The van der Waals surface area contributed by atoms with Crippen LogP contribution in [0.4, 0.5) is 0 Å². The normalized spacial score (nSPS) is 10.2. The molecular weight excluding hydrogens is 326 g/mol. The van der Waals surface area contributed by atoms with Crippen molar-refractivity contribution in [3.63, 3.8) is 0 Å². The summed E-state index contributed by atoms with van der Waals surface area (Å²) in [5, 5.41) is 0.550.